The summed E-state index contributed by atoms with van der Waals surface area (Å²) in [6, 6.07) is 14.2. The Morgan fingerprint density at radius 1 is 1.17 bits per heavy atom. The van der Waals surface area contributed by atoms with Crippen molar-refractivity contribution < 1.29 is 14.9 Å². The summed E-state index contributed by atoms with van der Waals surface area (Å²) in [5.41, 5.74) is 3.82. The van der Waals surface area contributed by atoms with E-state index in [0.717, 1.165) is 37.0 Å². The predicted octanol–water partition coefficient (Wildman–Crippen LogP) is 4.39. The van der Waals surface area contributed by atoms with E-state index in [1.165, 1.54) is 17.5 Å². The molecule has 2 saturated carbocycles. The lowest BCUT2D eigenvalue weighted by atomic mass is 9.55. The summed E-state index contributed by atoms with van der Waals surface area (Å²) in [6.07, 6.45) is 5.20. The Morgan fingerprint density at radius 3 is 2.80 bits per heavy atom. The molecule has 0 spiro atoms. The lowest BCUT2D eigenvalue weighted by molar-refractivity contribution is -0.0281. The number of aliphatic hydroxyl groups is 1. The van der Waals surface area contributed by atoms with E-state index >= 15 is 0 Å². The van der Waals surface area contributed by atoms with E-state index < -0.39 is 0 Å². The second-order valence-corrected chi connectivity index (χ2v) is 9.82. The van der Waals surface area contributed by atoms with Crippen LogP contribution in [0.25, 0.3) is 0 Å². The third kappa shape index (κ3) is 3.12. The fraction of sp³-hybridized carbons (Fsp3) is 0.538. The number of phenolic OH excluding ortho intramolecular Hbond substituents is 1. The van der Waals surface area contributed by atoms with E-state index in [0.29, 0.717) is 30.0 Å². The van der Waals surface area contributed by atoms with Crippen LogP contribution in [0.2, 0.25) is 0 Å². The molecule has 2 fully saturated rings. The zero-order valence-electron chi connectivity index (χ0n) is 18.0. The van der Waals surface area contributed by atoms with Crippen molar-refractivity contribution in [3.8, 4) is 11.5 Å². The number of hydrogen-bond acceptors (Lipinski definition) is 4. The average molecular weight is 408 g/mol. The molecule has 0 aliphatic heterocycles. The first-order valence-corrected chi connectivity index (χ1v) is 11.4. The topological polar surface area (TPSA) is 61.7 Å². The van der Waals surface area contributed by atoms with E-state index in [1.54, 1.807) is 13.2 Å². The molecular weight excluding hydrogens is 374 g/mol. The van der Waals surface area contributed by atoms with Crippen LogP contribution in [0.15, 0.2) is 42.5 Å². The molecule has 0 saturated heterocycles. The van der Waals surface area contributed by atoms with Crippen LogP contribution in [0.1, 0.15) is 55.2 Å². The molecule has 0 aromatic heterocycles. The first kappa shape index (κ1) is 19.9. The SMILES string of the molecule is COc1ccc2c(c1)CCC1C2CCC2(C)C1CC(NCc1ccccc1O)[C@H]2O. The van der Waals surface area contributed by atoms with Crippen molar-refractivity contribution >= 4 is 0 Å². The third-order valence-corrected chi connectivity index (χ3v) is 8.48. The van der Waals surface area contributed by atoms with E-state index in [4.69, 9.17) is 4.74 Å². The van der Waals surface area contributed by atoms with Gasteiger partial charge in [-0.2, -0.15) is 0 Å². The Bertz CT molecular complexity index is 928. The average Bonchev–Trinajstić information content (AvgIpc) is 3.03. The molecule has 3 aliphatic rings. The van der Waals surface area contributed by atoms with Gasteiger partial charge in [-0.3, -0.25) is 0 Å². The number of para-hydroxylation sites is 1. The third-order valence-electron chi connectivity index (χ3n) is 8.48. The Labute approximate surface area is 179 Å². The quantitative estimate of drug-likeness (QED) is 0.704. The van der Waals surface area contributed by atoms with Gasteiger partial charge in [0.05, 0.1) is 13.2 Å². The Morgan fingerprint density at radius 2 is 2.00 bits per heavy atom. The second-order valence-electron chi connectivity index (χ2n) is 9.82. The van der Waals surface area contributed by atoms with Crippen molar-refractivity contribution in [2.24, 2.45) is 17.3 Å². The molecule has 4 heteroatoms. The number of aryl methyl sites for hydroxylation is 1. The standard InChI is InChI=1S/C26H33NO3/c1-26-12-11-20-19-10-8-18(30-2)13-16(19)7-9-21(20)22(26)14-23(25(26)29)27-15-17-5-3-4-6-24(17)28/h3-6,8,10,13,20-23,25,27-29H,7,9,11-12,14-15H2,1-2H3/t20?,21?,22?,23?,25-,26?/m1/s1. The zero-order valence-corrected chi connectivity index (χ0v) is 18.0. The van der Waals surface area contributed by atoms with Crippen molar-refractivity contribution in [2.75, 3.05) is 7.11 Å². The molecule has 5 unspecified atom stereocenters. The summed E-state index contributed by atoms with van der Waals surface area (Å²) in [4.78, 5) is 0. The lowest BCUT2D eigenvalue weighted by Gasteiger charge is -2.50. The second kappa shape index (κ2) is 7.58. The van der Waals surface area contributed by atoms with Crippen molar-refractivity contribution in [3.63, 3.8) is 0 Å². The smallest absolute Gasteiger partial charge is 0.120 e. The minimum atomic E-state index is -0.341. The number of aliphatic hydroxyl groups excluding tert-OH is 1. The van der Waals surface area contributed by atoms with E-state index in [-0.39, 0.29) is 17.6 Å². The number of rotatable bonds is 4. The van der Waals surface area contributed by atoms with Crippen LogP contribution in [-0.4, -0.2) is 29.5 Å². The van der Waals surface area contributed by atoms with Gasteiger partial charge in [-0.25, -0.2) is 0 Å². The van der Waals surface area contributed by atoms with Gasteiger partial charge in [0.1, 0.15) is 11.5 Å². The molecule has 2 aromatic rings. The molecule has 5 rings (SSSR count). The van der Waals surface area contributed by atoms with Crippen molar-refractivity contribution in [1.29, 1.82) is 0 Å². The number of ether oxygens (including phenoxy) is 1. The highest BCUT2D eigenvalue weighted by Gasteiger charge is 2.57. The highest BCUT2D eigenvalue weighted by atomic mass is 16.5. The van der Waals surface area contributed by atoms with Crippen LogP contribution in [0.5, 0.6) is 11.5 Å². The maximum Gasteiger partial charge on any atom is 0.120 e. The molecule has 0 radical (unpaired) electrons. The molecule has 3 N–H and O–H groups in total. The number of hydrogen-bond donors (Lipinski definition) is 3. The van der Waals surface area contributed by atoms with Crippen molar-refractivity contribution in [1.82, 2.24) is 5.32 Å². The summed E-state index contributed by atoms with van der Waals surface area (Å²) in [7, 11) is 1.74. The number of phenols is 1. The maximum absolute atomic E-state index is 11.3. The van der Waals surface area contributed by atoms with Gasteiger partial charge >= 0.3 is 0 Å². The zero-order chi connectivity index (χ0) is 20.9. The van der Waals surface area contributed by atoms with Gasteiger partial charge in [-0.05, 0) is 84.6 Å². The van der Waals surface area contributed by atoms with Crippen molar-refractivity contribution in [3.05, 3.63) is 59.2 Å². The Kier molecular flexibility index (Phi) is 5.03. The van der Waals surface area contributed by atoms with Crippen LogP contribution in [0.3, 0.4) is 0 Å². The summed E-state index contributed by atoms with van der Waals surface area (Å²) in [5, 5.41) is 25.0. The monoisotopic (exact) mass is 407 g/mol. The minimum absolute atomic E-state index is 0.0263. The Balaban J connectivity index is 1.35. The molecule has 160 valence electrons. The molecular formula is C26H33NO3. The number of fused-ring (bicyclic) bond motifs is 5. The highest BCUT2D eigenvalue weighted by molar-refractivity contribution is 5.41. The minimum Gasteiger partial charge on any atom is -0.508 e. The van der Waals surface area contributed by atoms with Gasteiger partial charge < -0.3 is 20.3 Å². The highest BCUT2D eigenvalue weighted by Crippen LogP contribution is 2.61. The summed E-state index contributed by atoms with van der Waals surface area (Å²) in [6.45, 7) is 2.90. The maximum atomic E-state index is 11.3. The van der Waals surface area contributed by atoms with Gasteiger partial charge in [-0.1, -0.05) is 31.2 Å². The predicted molar refractivity (Wildman–Crippen MR) is 118 cm³/mol. The van der Waals surface area contributed by atoms with Crippen LogP contribution < -0.4 is 10.1 Å². The molecule has 0 heterocycles. The molecule has 0 amide bonds. The lowest BCUT2D eigenvalue weighted by Crippen LogP contribution is -2.46. The molecule has 30 heavy (non-hydrogen) atoms. The molecule has 3 aliphatic carbocycles. The normalized spacial score (nSPS) is 34.7. The number of nitrogens with one attached hydrogen (secondary N) is 1. The van der Waals surface area contributed by atoms with Crippen LogP contribution in [0.4, 0.5) is 0 Å². The van der Waals surface area contributed by atoms with E-state index in [9.17, 15) is 10.2 Å². The van der Waals surface area contributed by atoms with Crippen LogP contribution in [-0.2, 0) is 13.0 Å². The van der Waals surface area contributed by atoms with Gasteiger partial charge in [0, 0.05) is 18.2 Å². The van der Waals surface area contributed by atoms with Gasteiger partial charge in [0.2, 0.25) is 0 Å². The van der Waals surface area contributed by atoms with Gasteiger partial charge in [0.25, 0.3) is 0 Å². The molecule has 6 atom stereocenters. The summed E-state index contributed by atoms with van der Waals surface area (Å²) < 4.78 is 5.44. The van der Waals surface area contributed by atoms with Gasteiger partial charge in [-0.15, -0.1) is 0 Å². The van der Waals surface area contributed by atoms with Crippen molar-refractivity contribution in [2.45, 2.75) is 63.6 Å². The first-order chi connectivity index (χ1) is 14.5. The number of benzene rings is 2. The van der Waals surface area contributed by atoms with Crippen LogP contribution >= 0.6 is 0 Å². The Hall–Kier alpha value is -2.04. The summed E-state index contributed by atoms with van der Waals surface area (Å²) in [5.74, 6) is 3.04. The largest absolute Gasteiger partial charge is 0.508 e. The fourth-order valence-electron chi connectivity index (χ4n) is 6.80. The number of methoxy groups -OCH3 is 1. The van der Waals surface area contributed by atoms with Gasteiger partial charge in [0.15, 0.2) is 0 Å². The van der Waals surface area contributed by atoms with E-state index in [1.807, 2.05) is 18.2 Å². The molecule has 0 bridgehead atoms. The first-order valence-electron chi connectivity index (χ1n) is 11.4. The number of aromatic hydroxyl groups is 1. The molecule has 4 nitrogen and oxygen atoms in total. The fourth-order valence-corrected chi connectivity index (χ4v) is 6.80. The van der Waals surface area contributed by atoms with Crippen LogP contribution in [0, 0.1) is 17.3 Å². The summed E-state index contributed by atoms with van der Waals surface area (Å²) >= 11 is 0. The molecule has 2 aromatic carbocycles. The van der Waals surface area contributed by atoms with E-state index in [2.05, 4.69) is 30.4 Å².